The van der Waals surface area contributed by atoms with Crippen molar-refractivity contribution in [3.05, 3.63) is 21.9 Å². The van der Waals surface area contributed by atoms with Gasteiger partial charge < -0.3 is 5.32 Å². The molecule has 2 heteroatoms. The Hall–Kier alpha value is -0.780. The van der Waals surface area contributed by atoms with Gasteiger partial charge in [0.2, 0.25) is 0 Å². The van der Waals surface area contributed by atoms with Crippen molar-refractivity contribution in [1.29, 1.82) is 0 Å². The van der Waals surface area contributed by atoms with Crippen molar-refractivity contribution in [3.8, 4) is 11.8 Å². The van der Waals surface area contributed by atoms with E-state index in [0.717, 1.165) is 12.8 Å². The van der Waals surface area contributed by atoms with Gasteiger partial charge in [0.25, 0.3) is 0 Å². The van der Waals surface area contributed by atoms with E-state index < -0.39 is 0 Å². The van der Waals surface area contributed by atoms with Crippen molar-refractivity contribution in [2.24, 2.45) is 0 Å². The van der Waals surface area contributed by atoms with Gasteiger partial charge in [-0.05, 0) is 32.5 Å². The fourth-order valence-electron chi connectivity index (χ4n) is 1.32. The van der Waals surface area contributed by atoms with Gasteiger partial charge >= 0.3 is 0 Å². The van der Waals surface area contributed by atoms with E-state index in [4.69, 9.17) is 0 Å². The fourth-order valence-corrected chi connectivity index (χ4v) is 2.38. The maximum Gasteiger partial charge on any atom is 0.0523 e. The minimum absolute atomic E-state index is 0.396. The van der Waals surface area contributed by atoms with Crippen molar-refractivity contribution >= 4 is 11.3 Å². The predicted molar refractivity (Wildman–Crippen MR) is 63.6 cm³/mol. The van der Waals surface area contributed by atoms with E-state index in [2.05, 4.69) is 36.2 Å². The summed E-state index contributed by atoms with van der Waals surface area (Å²) in [5.74, 6) is 6.06. The third-order valence-corrected chi connectivity index (χ3v) is 3.55. The Morgan fingerprint density at radius 2 is 2.29 bits per heavy atom. The SMILES string of the molecule is CC#CCC(NC)c1ccc(CC)s1. The monoisotopic (exact) mass is 207 g/mol. The van der Waals surface area contributed by atoms with Gasteiger partial charge in [0, 0.05) is 16.2 Å². The molecule has 1 aromatic rings. The Morgan fingerprint density at radius 1 is 1.50 bits per heavy atom. The summed E-state index contributed by atoms with van der Waals surface area (Å²) in [4.78, 5) is 2.84. The van der Waals surface area contributed by atoms with Crippen molar-refractivity contribution in [2.75, 3.05) is 7.05 Å². The van der Waals surface area contributed by atoms with E-state index in [-0.39, 0.29) is 0 Å². The molecule has 1 rings (SSSR count). The van der Waals surface area contributed by atoms with Gasteiger partial charge in [0.05, 0.1) is 6.04 Å². The summed E-state index contributed by atoms with van der Waals surface area (Å²) in [5.41, 5.74) is 0. The van der Waals surface area contributed by atoms with Gasteiger partial charge in [-0.3, -0.25) is 0 Å². The van der Waals surface area contributed by atoms with Crippen LogP contribution in [0.3, 0.4) is 0 Å². The quantitative estimate of drug-likeness (QED) is 0.748. The lowest BCUT2D eigenvalue weighted by Gasteiger charge is -2.10. The molecule has 1 unspecified atom stereocenters. The molecular weight excluding hydrogens is 190 g/mol. The molecule has 1 atom stereocenters. The maximum absolute atomic E-state index is 3.30. The standard InChI is InChI=1S/C12H17NS/c1-4-6-7-11(13-3)12-9-8-10(5-2)14-12/h8-9,11,13H,5,7H2,1-3H3. The average Bonchev–Trinajstić information content (AvgIpc) is 2.68. The van der Waals surface area contributed by atoms with Gasteiger partial charge in [0.1, 0.15) is 0 Å². The first-order valence-electron chi connectivity index (χ1n) is 4.97. The molecule has 0 bridgehead atoms. The number of aryl methyl sites for hydroxylation is 1. The molecule has 0 saturated heterocycles. The molecule has 0 saturated carbocycles. The number of thiophene rings is 1. The smallest absolute Gasteiger partial charge is 0.0523 e. The zero-order valence-electron chi connectivity index (χ0n) is 9.05. The van der Waals surface area contributed by atoms with Crippen LogP contribution in [0, 0.1) is 11.8 Å². The molecule has 0 aliphatic carbocycles. The summed E-state index contributed by atoms with van der Waals surface area (Å²) in [6.07, 6.45) is 2.03. The summed E-state index contributed by atoms with van der Waals surface area (Å²) in [7, 11) is 1.99. The van der Waals surface area contributed by atoms with Crippen molar-refractivity contribution in [3.63, 3.8) is 0 Å². The van der Waals surface area contributed by atoms with E-state index in [1.165, 1.54) is 9.75 Å². The van der Waals surface area contributed by atoms with E-state index in [9.17, 15) is 0 Å². The molecule has 0 radical (unpaired) electrons. The summed E-state index contributed by atoms with van der Waals surface area (Å²) >= 11 is 1.89. The second kappa shape index (κ2) is 5.85. The molecule has 0 aliphatic heterocycles. The second-order valence-corrected chi connectivity index (χ2v) is 4.33. The Kier molecular flexibility index (Phi) is 4.72. The Balaban J connectivity index is 2.71. The lowest BCUT2D eigenvalue weighted by atomic mass is 10.2. The molecule has 1 nitrogen and oxygen atoms in total. The van der Waals surface area contributed by atoms with Gasteiger partial charge in [-0.25, -0.2) is 0 Å². The van der Waals surface area contributed by atoms with Crippen LogP contribution in [-0.2, 0) is 6.42 Å². The van der Waals surface area contributed by atoms with Crippen LogP contribution in [0.2, 0.25) is 0 Å². The highest BCUT2D eigenvalue weighted by Crippen LogP contribution is 2.25. The summed E-state index contributed by atoms with van der Waals surface area (Å²) in [6, 6.07) is 4.82. The third-order valence-electron chi connectivity index (χ3n) is 2.21. The Morgan fingerprint density at radius 3 is 2.79 bits per heavy atom. The van der Waals surface area contributed by atoms with Gasteiger partial charge in [-0.15, -0.1) is 23.2 Å². The van der Waals surface area contributed by atoms with Crippen LogP contribution in [0.4, 0.5) is 0 Å². The fraction of sp³-hybridized carbons (Fsp3) is 0.500. The van der Waals surface area contributed by atoms with Crippen LogP contribution >= 0.6 is 11.3 Å². The number of rotatable bonds is 4. The zero-order chi connectivity index (χ0) is 10.4. The van der Waals surface area contributed by atoms with Crippen LogP contribution in [-0.4, -0.2) is 7.05 Å². The molecule has 1 aromatic heterocycles. The minimum atomic E-state index is 0.396. The minimum Gasteiger partial charge on any atom is -0.312 e. The van der Waals surface area contributed by atoms with E-state index in [1.807, 2.05) is 25.3 Å². The molecule has 0 amide bonds. The van der Waals surface area contributed by atoms with Crippen LogP contribution in [0.5, 0.6) is 0 Å². The molecule has 0 aliphatic rings. The predicted octanol–water partition coefficient (Wildman–Crippen LogP) is 2.98. The van der Waals surface area contributed by atoms with Crippen LogP contribution < -0.4 is 5.32 Å². The van der Waals surface area contributed by atoms with Crippen molar-refractivity contribution in [2.45, 2.75) is 32.7 Å². The molecule has 14 heavy (non-hydrogen) atoms. The summed E-state index contributed by atoms with van der Waals surface area (Å²) in [5, 5.41) is 3.30. The first-order valence-corrected chi connectivity index (χ1v) is 5.79. The molecule has 1 N–H and O–H groups in total. The highest BCUT2D eigenvalue weighted by molar-refractivity contribution is 7.12. The molecule has 1 heterocycles. The lowest BCUT2D eigenvalue weighted by molar-refractivity contribution is 0.622. The molecule has 0 fully saturated rings. The maximum atomic E-state index is 3.30. The largest absolute Gasteiger partial charge is 0.312 e. The first kappa shape index (κ1) is 11.3. The Bertz CT molecular complexity index is 330. The van der Waals surface area contributed by atoms with E-state index in [0.29, 0.717) is 6.04 Å². The molecular formula is C12H17NS. The van der Waals surface area contributed by atoms with Gasteiger partial charge in [-0.1, -0.05) is 6.92 Å². The first-order chi connectivity index (χ1) is 6.81. The van der Waals surface area contributed by atoms with E-state index in [1.54, 1.807) is 0 Å². The highest BCUT2D eigenvalue weighted by atomic mass is 32.1. The average molecular weight is 207 g/mol. The van der Waals surface area contributed by atoms with Gasteiger partial charge in [0.15, 0.2) is 0 Å². The topological polar surface area (TPSA) is 12.0 Å². The van der Waals surface area contributed by atoms with E-state index >= 15 is 0 Å². The Labute approximate surface area is 90.5 Å². The van der Waals surface area contributed by atoms with Crippen molar-refractivity contribution < 1.29 is 0 Å². The molecule has 0 spiro atoms. The number of hydrogen-bond donors (Lipinski definition) is 1. The van der Waals surface area contributed by atoms with Crippen LogP contribution in [0.25, 0.3) is 0 Å². The number of nitrogens with one attached hydrogen (secondary N) is 1. The lowest BCUT2D eigenvalue weighted by Crippen LogP contribution is -2.14. The zero-order valence-corrected chi connectivity index (χ0v) is 9.87. The normalized spacial score (nSPS) is 11.9. The number of hydrogen-bond acceptors (Lipinski definition) is 2. The van der Waals surface area contributed by atoms with Crippen LogP contribution in [0.1, 0.15) is 36.1 Å². The summed E-state index contributed by atoms with van der Waals surface area (Å²) < 4.78 is 0. The highest BCUT2D eigenvalue weighted by Gasteiger charge is 2.09. The van der Waals surface area contributed by atoms with Crippen LogP contribution in [0.15, 0.2) is 12.1 Å². The van der Waals surface area contributed by atoms with Crippen molar-refractivity contribution in [1.82, 2.24) is 5.32 Å². The van der Waals surface area contributed by atoms with Gasteiger partial charge in [-0.2, -0.15) is 0 Å². The molecule has 0 aromatic carbocycles. The molecule has 76 valence electrons. The second-order valence-electron chi connectivity index (χ2n) is 3.13. The summed E-state index contributed by atoms with van der Waals surface area (Å²) in [6.45, 7) is 4.08. The third kappa shape index (κ3) is 2.87.